The minimum Gasteiger partial charge on any atom is -0.393 e. The van der Waals surface area contributed by atoms with Crippen molar-refractivity contribution in [1.29, 1.82) is 0 Å². The Hall–Kier alpha value is -1.15. The summed E-state index contributed by atoms with van der Waals surface area (Å²) >= 11 is 0. The van der Waals surface area contributed by atoms with Gasteiger partial charge in [0, 0.05) is 12.4 Å². The van der Waals surface area contributed by atoms with Crippen LogP contribution in [0.3, 0.4) is 0 Å². The Bertz CT molecular complexity index is 769. The van der Waals surface area contributed by atoms with Crippen LogP contribution in [0.15, 0.2) is 24.5 Å². The maximum atomic E-state index is 11.1. The van der Waals surface area contributed by atoms with E-state index in [1.807, 2.05) is 6.20 Å². The molecule has 7 atom stereocenters. The number of pyridine rings is 1. The number of aliphatic hydroxyl groups excluding tert-OH is 1. The first-order valence-corrected chi connectivity index (χ1v) is 11.2. The lowest BCUT2D eigenvalue weighted by atomic mass is 9.44. The van der Waals surface area contributed by atoms with Crippen molar-refractivity contribution in [1.82, 2.24) is 4.98 Å². The first kappa shape index (κ1) is 17.9. The van der Waals surface area contributed by atoms with E-state index in [1.54, 1.807) is 0 Å². The number of nitrogens with zero attached hydrogens (tertiary/aromatic N) is 1. The normalized spacial score (nSPS) is 46.2. The van der Waals surface area contributed by atoms with Crippen LogP contribution in [0.1, 0.15) is 76.3 Å². The minimum atomic E-state index is -0.0800. The van der Waals surface area contributed by atoms with E-state index in [0.29, 0.717) is 23.2 Å². The lowest BCUT2D eigenvalue weighted by molar-refractivity contribution is -0.148. The van der Waals surface area contributed by atoms with Crippen LogP contribution in [0.4, 0.5) is 0 Å². The molecule has 2 nitrogen and oxygen atoms in total. The summed E-state index contributed by atoms with van der Waals surface area (Å²) in [5, 5.41) is 11.1. The lowest BCUT2D eigenvalue weighted by Gasteiger charge is -2.61. The monoisotopic (exact) mass is 365 g/mol. The average molecular weight is 366 g/mol. The fourth-order valence-corrected chi connectivity index (χ4v) is 8.07. The molecule has 0 bridgehead atoms. The SMILES string of the molecule is Cc1cncc(C2=CCC3C4CC(O)C5CCCC[C@]5(C)C4CC[C@]23C)c1. The summed E-state index contributed by atoms with van der Waals surface area (Å²) in [5.74, 6) is 2.74. The zero-order valence-electron chi connectivity index (χ0n) is 17.2. The third-order valence-corrected chi connectivity index (χ3v) is 9.36. The van der Waals surface area contributed by atoms with Gasteiger partial charge in [0.1, 0.15) is 0 Å². The number of rotatable bonds is 1. The van der Waals surface area contributed by atoms with Crippen LogP contribution < -0.4 is 0 Å². The predicted octanol–water partition coefficient (Wildman–Crippen LogP) is 5.79. The van der Waals surface area contributed by atoms with Crippen molar-refractivity contribution in [2.45, 2.75) is 78.2 Å². The molecule has 1 aromatic rings. The quantitative estimate of drug-likeness (QED) is 0.683. The molecule has 146 valence electrons. The van der Waals surface area contributed by atoms with Gasteiger partial charge in [-0.2, -0.15) is 0 Å². The molecule has 3 fully saturated rings. The molecule has 3 saturated carbocycles. The van der Waals surface area contributed by atoms with E-state index < -0.39 is 0 Å². The Morgan fingerprint density at radius 1 is 1.04 bits per heavy atom. The second kappa shape index (κ2) is 6.17. The summed E-state index contributed by atoms with van der Waals surface area (Å²) < 4.78 is 0. The Balaban J connectivity index is 1.48. The van der Waals surface area contributed by atoms with Crippen LogP contribution in [0.5, 0.6) is 0 Å². The van der Waals surface area contributed by atoms with Crippen molar-refractivity contribution in [2.24, 2.45) is 34.5 Å². The molecule has 0 saturated heterocycles. The molecule has 4 aliphatic rings. The molecule has 5 rings (SSSR count). The van der Waals surface area contributed by atoms with Gasteiger partial charge in [-0.3, -0.25) is 4.98 Å². The van der Waals surface area contributed by atoms with Crippen molar-refractivity contribution in [3.05, 3.63) is 35.7 Å². The van der Waals surface area contributed by atoms with Crippen LogP contribution in [-0.4, -0.2) is 16.2 Å². The highest BCUT2D eigenvalue weighted by Gasteiger charge is 2.60. The maximum absolute atomic E-state index is 11.1. The molecule has 4 aliphatic carbocycles. The minimum absolute atomic E-state index is 0.0800. The van der Waals surface area contributed by atoms with E-state index in [0.717, 1.165) is 12.3 Å². The predicted molar refractivity (Wildman–Crippen MR) is 110 cm³/mol. The average Bonchev–Trinajstić information content (AvgIpc) is 2.99. The fraction of sp³-hybridized carbons (Fsp3) is 0.720. The molecular weight excluding hydrogens is 330 g/mol. The number of allylic oxidation sites excluding steroid dienone is 2. The van der Waals surface area contributed by atoms with Gasteiger partial charge in [0.05, 0.1) is 6.10 Å². The summed E-state index contributed by atoms with van der Waals surface area (Å²) in [4.78, 5) is 4.48. The van der Waals surface area contributed by atoms with Gasteiger partial charge in [-0.1, -0.05) is 32.8 Å². The number of aromatic nitrogens is 1. The van der Waals surface area contributed by atoms with Gasteiger partial charge in [0.15, 0.2) is 0 Å². The largest absolute Gasteiger partial charge is 0.393 e. The second-order valence-electron chi connectivity index (χ2n) is 10.6. The van der Waals surface area contributed by atoms with Gasteiger partial charge in [-0.15, -0.1) is 0 Å². The first-order valence-electron chi connectivity index (χ1n) is 11.2. The van der Waals surface area contributed by atoms with Gasteiger partial charge in [0.2, 0.25) is 0 Å². The zero-order chi connectivity index (χ0) is 18.8. The van der Waals surface area contributed by atoms with Crippen LogP contribution in [-0.2, 0) is 0 Å². The summed E-state index contributed by atoms with van der Waals surface area (Å²) in [6, 6.07) is 2.31. The van der Waals surface area contributed by atoms with Crippen LogP contribution in [0.25, 0.3) is 5.57 Å². The number of hydrogen-bond donors (Lipinski definition) is 1. The standard InChI is InChI=1S/C25H35NO/c1-16-12-17(15-26-14-16)19-7-8-20-18-13-23(27)22-6-4-5-10-24(22,2)21(18)9-11-25(19,20)3/h7,12,14-15,18,20-23,27H,4-6,8-11,13H2,1-3H3/t18?,20?,21?,22?,23?,24-,25-/m1/s1. The third-order valence-electron chi connectivity index (χ3n) is 9.36. The highest BCUT2D eigenvalue weighted by Crippen LogP contribution is 2.67. The molecule has 0 aliphatic heterocycles. The van der Waals surface area contributed by atoms with E-state index >= 15 is 0 Å². The molecule has 0 spiro atoms. The summed E-state index contributed by atoms with van der Waals surface area (Å²) in [6.07, 6.45) is 16.6. The van der Waals surface area contributed by atoms with Gasteiger partial charge in [-0.25, -0.2) is 0 Å². The molecule has 0 aromatic carbocycles. The van der Waals surface area contributed by atoms with Crippen LogP contribution in [0, 0.1) is 41.4 Å². The van der Waals surface area contributed by atoms with Crippen molar-refractivity contribution in [3.8, 4) is 0 Å². The van der Waals surface area contributed by atoms with E-state index in [-0.39, 0.29) is 11.5 Å². The topological polar surface area (TPSA) is 33.1 Å². The van der Waals surface area contributed by atoms with Crippen molar-refractivity contribution in [2.75, 3.05) is 0 Å². The van der Waals surface area contributed by atoms with E-state index in [9.17, 15) is 5.11 Å². The molecule has 1 aromatic heterocycles. The smallest absolute Gasteiger partial charge is 0.0576 e. The summed E-state index contributed by atoms with van der Waals surface area (Å²) in [6.45, 7) is 7.19. The lowest BCUT2D eigenvalue weighted by Crippen LogP contribution is -2.56. The maximum Gasteiger partial charge on any atom is 0.0576 e. The number of aliphatic hydroxyl groups is 1. The Morgan fingerprint density at radius 3 is 2.70 bits per heavy atom. The first-order chi connectivity index (χ1) is 12.9. The Kier molecular flexibility index (Phi) is 4.10. The highest BCUT2D eigenvalue weighted by molar-refractivity contribution is 5.72. The van der Waals surface area contributed by atoms with Gasteiger partial charge < -0.3 is 5.11 Å². The highest BCUT2D eigenvalue weighted by atomic mass is 16.3. The van der Waals surface area contributed by atoms with Gasteiger partial charge >= 0.3 is 0 Å². The molecule has 5 unspecified atom stereocenters. The number of hydrogen-bond acceptors (Lipinski definition) is 2. The number of fused-ring (bicyclic) bond motifs is 5. The zero-order valence-corrected chi connectivity index (χ0v) is 17.2. The third kappa shape index (κ3) is 2.51. The Morgan fingerprint density at radius 2 is 1.89 bits per heavy atom. The van der Waals surface area contributed by atoms with Crippen LogP contribution >= 0.6 is 0 Å². The van der Waals surface area contributed by atoms with Crippen molar-refractivity contribution < 1.29 is 5.11 Å². The van der Waals surface area contributed by atoms with Crippen molar-refractivity contribution in [3.63, 3.8) is 0 Å². The number of aryl methyl sites for hydroxylation is 1. The summed E-state index contributed by atoms with van der Waals surface area (Å²) in [7, 11) is 0. The molecule has 0 radical (unpaired) electrons. The molecule has 0 amide bonds. The van der Waals surface area contributed by atoms with E-state index in [1.165, 1.54) is 61.6 Å². The van der Waals surface area contributed by atoms with E-state index in [4.69, 9.17) is 0 Å². The molecular formula is C25H35NO. The molecule has 1 N–H and O–H groups in total. The molecule has 1 heterocycles. The Labute approximate surface area is 164 Å². The molecule has 2 heteroatoms. The van der Waals surface area contributed by atoms with Crippen molar-refractivity contribution >= 4 is 5.57 Å². The fourth-order valence-electron chi connectivity index (χ4n) is 8.07. The summed E-state index contributed by atoms with van der Waals surface area (Å²) in [5.41, 5.74) is 4.74. The molecule has 27 heavy (non-hydrogen) atoms. The van der Waals surface area contributed by atoms with Crippen LogP contribution in [0.2, 0.25) is 0 Å². The van der Waals surface area contributed by atoms with E-state index in [2.05, 4.69) is 44.1 Å². The van der Waals surface area contributed by atoms with Gasteiger partial charge in [-0.05, 0) is 103 Å². The second-order valence-corrected chi connectivity index (χ2v) is 10.6. The van der Waals surface area contributed by atoms with Gasteiger partial charge in [0.25, 0.3) is 0 Å².